The number of non-ortho nitro benzene ring substituents is 1. The zero-order valence-electron chi connectivity index (χ0n) is 11.3. The molecule has 3 rings (SSSR count). The van der Waals surface area contributed by atoms with Gasteiger partial charge in [0.1, 0.15) is 0 Å². The van der Waals surface area contributed by atoms with Crippen molar-refractivity contribution in [2.45, 2.75) is 0 Å². The zero-order chi connectivity index (χ0) is 15.4. The third-order valence-electron chi connectivity index (χ3n) is 2.86. The molecule has 0 radical (unpaired) electrons. The summed E-state index contributed by atoms with van der Waals surface area (Å²) < 4.78 is 5.43. The van der Waals surface area contributed by atoms with Gasteiger partial charge in [-0.1, -0.05) is 23.3 Å². The quantitative estimate of drug-likeness (QED) is 0.417. The zero-order valence-corrected chi connectivity index (χ0v) is 11.3. The number of hydrogen-bond acceptors (Lipinski definition) is 6. The van der Waals surface area contributed by atoms with Crippen molar-refractivity contribution in [3.63, 3.8) is 0 Å². The highest BCUT2D eigenvalue weighted by Gasteiger charge is 2.07. The van der Waals surface area contributed by atoms with Crippen molar-refractivity contribution in [3.05, 3.63) is 70.3 Å². The molecule has 0 saturated carbocycles. The van der Waals surface area contributed by atoms with Crippen LogP contribution in [-0.4, -0.2) is 21.3 Å². The van der Waals surface area contributed by atoms with E-state index in [1.165, 1.54) is 18.3 Å². The maximum absolute atomic E-state index is 10.6. The van der Waals surface area contributed by atoms with E-state index < -0.39 is 4.92 Å². The summed E-state index contributed by atoms with van der Waals surface area (Å²) in [5.74, 6) is 0.386. The van der Waals surface area contributed by atoms with Crippen LogP contribution in [0.1, 0.15) is 5.56 Å². The molecular formula is C15H10N4O3. The summed E-state index contributed by atoms with van der Waals surface area (Å²) in [6.45, 7) is 0. The van der Waals surface area contributed by atoms with Gasteiger partial charge in [-0.3, -0.25) is 10.1 Å². The molecule has 0 N–H and O–H groups in total. The third-order valence-corrected chi connectivity index (χ3v) is 2.86. The maximum Gasteiger partial charge on any atom is 0.342 e. The second kappa shape index (κ2) is 5.96. The molecule has 108 valence electrons. The lowest BCUT2D eigenvalue weighted by Gasteiger charge is -1.92. The van der Waals surface area contributed by atoms with Crippen LogP contribution in [0.4, 0.5) is 11.7 Å². The highest BCUT2D eigenvalue weighted by atomic mass is 16.6. The first-order chi connectivity index (χ1) is 10.7. The molecule has 0 aliphatic carbocycles. The van der Waals surface area contributed by atoms with Gasteiger partial charge in [-0.2, -0.15) is 0 Å². The van der Waals surface area contributed by atoms with Gasteiger partial charge in [0.2, 0.25) is 5.89 Å². The minimum Gasteiger partial charge on any atom is -0.402 e. The predicted molar refractivity (Wildman–Crippen MR) is 80.1 cm³/mol. The molecule has 0 bridgehead atoms. The molecule has 0 unspecified atom stereocenters. The Bertz CT molecular complexity index is 810. The second-order valence-corrected chi connectivity index (χ2v) is 4.36. The standard InChI is InChI=1S/C15H10N4O3/c20-19(21)13-8-6-11(7-9-13)10-16-15-18-17-14(22-15)12-4-2-1-3-5-12/h1-10H/b16-10+. The summed E-state index contributed by atoms with van der Waals surface area (Å²) in [6.07, 6.45) is 1.51. The van der Waals surface area contributed by atoms with Crippen molar-refractivity contribution in [1.82, 2.24) is 10.2 Å². The monoisotopic (exact) mass is 294 g/mol. The molecule has 0 atom stereocenters. The van der Waals surface area contributed by atoms with Gasteiger partial charge in [0.25, 0.3) is 5.69 Å². The van der Waals surface area contributed by atoms with Crippen LogP contribution >= 0.6 is 0 Å². The fourth-order valence-corrected chi connectivity index (χ4v) is 1.78. The van der Waals surface area contributed by atoms with Crippen LogP contribution in [0, 0.1) is 10.1 Å². The van der Waals surface area contributed by atoms with Crippen molar-refractivity contribution < 1.29 is 9.34 Å². The van der Waals surface area contributed by atoms with Crippen LogP contribution in [0.25, 0.3) is 11.5 Å². The van der Waals surface area contributed by atoms with E-state index in [9.17, 15) is 10.1 Å². The molecule has 7 nitrogen and oxygen atoms in total. The molecule has 0 aliphatic heterocycles. The minimum absolute atomic E-state index is 0.0290. The summed E-state index contributed by atoms with van der Waals surface area (Å²) in [5, 5.41) is 18.3. The van der Waals surface area contributed by atoms with Gasteiger partial charge in [0.15, 0.2) is 0 Å². The van der Waals surface area contributed by atoms with E-state index >= 15 is 0 Å². The second-order valence-electron chi connectivity index (χ2n) is 4.36. The Morgan fingerprint density at radius 2 is 1.77 bits per heavy atom. The molecule has 0 aliphatic rings. The van der Waals surface area contributed by atoms with Gasteiger partial charge in [-0.05, 0) is 29.8 Å². The summed E-state index contributed by atoms with van der Waals surface area (Å²) in [4.78, 5) is 14.2. The number of rotatable bonds is 4. The highest BCUT2D eigenvalue weighted by Crippen LogP contribution is 2.20. The van der Waals surface area contributed by atoms with Gasteiger partial charge in [0.05, 0.1) is 4.92 Å². The molecule has 1 heterocycles. The van der Waals surface area contributed by atoms with E-state index in [1.54, 1.807) is 12.1 Å². The van der Waals surface area contributed by atoms with Crippen molar-refractivity contribution in [3.8, 4) is 11.5 Å². The van der Waals surface area contributed by atoms with Gasteiger partial charge < -0.3 is 4.42 Å². The molecule has 0 fully saturated rings. The normalized spacial score (nSPS) is 10.9. The Morgan fingerprint density at radius 1 is 1.05 bits per heavy atom. The first-order valence-electron chi connectivity index (χ1n) is 6.40. The van der Waals surface area contributed by atoms with Crippen LogP contribution in [0.15, 0.2) is 64.0 Å². The largest absolute Gasteiger partial charge is 0.402 e. The van der Waals surface area contributed by atoms with Crippen LogP contribution in [0.3, 0.4) is 0 Å². The fraction of sp³-hybridized carbons (Fsp3) is 0. The van der Waals surface area contributed by atoms with E-state index in [1.807, 2.05) is 30.3 Å². The molecule has 7 heteroatoms. The van der Waals surface area contributed by atoms with Crippen molar-refractivity contribution in [2.24, 2.45) is 4.99 Å². The molecule has 3 aromatic rings. The van der Waals surface area contributed by atoms with E-state index in [-0.39, 0.29) is 11.7 Å². The highest BCUT2D eigenvalue weighted by molar-refractivity contribution is 5.81. The van der Waals surface area contributed by atoms with E-state index in [4.69, 9.17) is 4.42 Å². The topological polar surface area (TPSA) is 94.4 Å². The maximum atomic E-state index is 10.6. The predicted octanol–water partition coefficient (Wildman–Crippen LogP) is 3.40. The summed E-state index contributed by atoms with van der Waals surface area (Å²) in [7, 11) is 0. The number of aromatic nitrogens is 2. The Balaban J connectivity index is 1.76. The number of nitro benzene ring substituents is 1. The average molecular weight is 294 g/mol. The van der Waals surface area contributed by atoms with Crippen LogP contribution < -0.4 is 0 Å². The van der Waals surface area contributed by atoms with Crippen LogP contribution in [-0.2, 0) is 0 Å². The molecule has 1 aromatic heterocycles. The van der Waals surface area contributed by atoms with Gasteiger partial charge in [-0.15, -0.1) is 5.10 Å². The summed E-state index contributed by atoms with van der Waals surface area (Å²) in [6, 6.07) is 15.5. The number of nitrogens with zero attached hydrogens (tertiary/aromatic N) is 4. The van der Waals surface area contributed by atoms with Crippen LogP contribution in [0.5, 0.6) is 0 Å². The van der Waals surface area contributed by atoms with Crippen molar-refractivity contribution in [2.75, 3.05) is 0 Å². The minimum atomic E-state index is -0.453. The number of hydrogen-bond donors (Lipinski definition) is 0. The van der Waals surface area contributed by atoms with Gasteiger partial charge in [-0.25, -0.2) is 4.99 Å². The van der Waals surface area contributed by atoms with E-state index in [2.05, 4.69) is 15.2 Å². The molecule has 2 aromatic carbocycles. The Labute approximate surface area is 125 Å². The van der Waals surface area contributed by atoms with Crippen LogP contribution in [0.2, 0.25) is 0 Å². The molecule has 22 heavy (non-hydrogen) atoms. The molecular weight excluding hydrogens is 284 g/mol. The number of aliphatic imine (C=N–C) groups is 1. The Morgan fingerprint density at radius 3 is 2.45 bits per heavy atom. The number of nitro groups is 1. The summed E-state index contributed by atoms with van der Waals surface area (Å²) >= 11 is 0. The Hall–Kier alpha value is -3.35. The first-order valence-corrected chi connectivity index (χ1v) is 6.40. The van der Waals surface area contributed by atoms with Gasteiger partial charge in [0, 0.05) is 23.9 Å². The van der Waals surface area contributed by atoms with E-state index in [0.717, 1.165) is 5.56 Å². The molecule has 0 spiro atoms. The summed E-state index contributed by atoms with van der Waals surface area (Å²) in [5.41, 5.74) is 1.54. The lowest BCUT2D eigenvalue weighted by Crippen LogP contribution is -1.88. The first kappa shape index (κ1) is 13.6. The number of benzene rings is 2. The average Bonchev–Trinajstić information content (AvgIpc) is 3.03. The van der Waals surface area contributed by atoms with Crippen molar-refractivity contribution in [1.29, 1.82) is 0 Å². The van der Waals surface area contributed by atoms with E-state index in [0.29, 0.717) is 11.5 Å². The molecule has 0 saturated heterocycles. The SMILES string of the molecule is O=[N+]([O-])c1ccc(/C=N/c2nnc(-c3ccccc3)o2)cc1. The van der Waals surface area contributed by atoms with Crippen molar-refractivity contribution >= 4 is 17.9 Å². The smallest absolute Gasteiger partial charge is 0.342 e. The lowest BCUT2D eigenvalue weighted by atomic mass is 10.2. The lowest BCUT2D eigenvalue weighted by molar-refractivity contribution is -0.384. The van der Waals surface area contributed by atoms with Gasteiger partial charge >= 0.3 is 6.01 Å². The Kier molecular flexibility index (Phi) is 3.69. The fourth-order valence-electron chi connectivity index (χ4n) is 1.78. The third kappa shape index (κ3) is 3.04. The molecule has 0 amide bonds.